The Kier molecular flexibility index (Phi) is 4.76. The number of fused-ring (bicyclic) bond motifs is 1. The first-order valence-corrected chi connectivity index (χ1v) is 7.64. The molecule has 0 bridgehead atoms. The van der Waals surface area contributed by atoms with E-state index in [4.69, 9.17) is 9.47 Å². The van der Waals surface area contributed by atoms with Gasteiger partial charge in [-0.3, -0.25) is 0 Å². The van der Waals surface area contributed by atoms with Crippen LogP contribution in [-0.4, -0.2) is 20.2 Å². The van der Waals surface area contributed by atoms with Crippen LogP contribution in [0.15, 0.2) is 54.6 Å². The summed E-state index contributed by atoms with van der Waals surface area (Å²) in [6, 6.07) is 16.3. The van der Waals surface area contributed by atoms with E-state index in [9.17, 15) is 0 Å². The van der Waals surface area contributed by atoms with Gasteiger partial charge < -0.3 is 14.8 Å². The van der Waals surface area contributed by atoms with Crippen LogP contribution < -0.4 is 14.8 Å². The molecule has 2 aromatic carbocycles. The van der Waals surface area contributed by atoms with Gasteiger partial charge in [0.2, 0.25) is 0 Å². The van der Waals surface area contributed by atoms with Crippen molar-refractivity contribution in [2.45, 2.75) is 13.0 Å². The van der Waals surface area contributed by atoms with Crippen molar-refractivity contribution in [1.29, 1.82) is 0 Å². The fourth-order valence-electron chi connectivity index (χ4n) is 2.56. The van der Waals surface area contributed by atoms with Crippen molar-refractivity contribution in [2.75, 3.05) is 20.2 Å². The average molecular weight is 295 g/mol. The summed E-state index contributed by atoms with van der Waals surface area (Å²) in [5, 5.41) is 3.19. The SMILES string of the molecule is CNCCC1=CCOc2cc(OCc3ccccc3)ccc21. The lowest BCUT2D eigenvalue weighted by molar-refractivity contribution is 0.301. The van der Waals surface area contributed by atoms with Crippen LogP contribution in [0.5, 0.6) is 11.5 Å². The van der Waals surface area contributed by atoms with Crippen LogP contribution in [0.3, 0.4) is 0 Å². The molecule has 0 unspecified atom stereocenters. The summed E-state index contributed by atoms with van der Waals surface area (Å²) in [6.45, 7) is 2.17. The number of benzene rings is 2. The highest BCUT2D eigenvalue weighted by Gasteiger charge is 2.14. The van der Waals surface area contributed by atoms with Gasteiger partial charge in [0.1, 0.15) is 24.7 Å². The molecule has 3 nitrogen and oxygen atoms in total. The summed E-state index contributed by atoms with van der Waals surface area (Å²) < 4.78 is 11.6. The van der Waals surface area contributed by atoms with Gasteiger partial charge >= 0.3 is 0 Å². The van der Waals surface area contributed by atoms with Crippen LogP contribution in [0.4, 0.5) is 0 Å². The first kappa shape index (κ1) is 14.7. The average Bonchev–Trinajstić information content (AvgIpc) is 2.58. The van der Waals surface area contributed by atoms with Crippen LogP contribution in [0.1, 0.15) is 17.5 Å². The molecule has 0 amide bonds. The molecule has 0 saturated carbocycles. The summed E-state index contributed by atoms with van der Waals surface area (Å²) in [5.41, 5.74) is 3.68. The molecule has 3 heteroatoms. The van der Waals surface area contributed by atoms with Gasteiger partial charge in [0.05, 0.1) is 0 Å². The summed E-state index contributed by atoms with van der Waals surface area (Å²) in [6.07, 6.45) is 3.17. The second-order valence-corrected chi connectivity index (χ2v) is 5.33. The topological polar surface area (TPSA) is 30.5 Å². The Bertz CT molecular complexity index is 650. The maximum Gasteiger partial charge on any atom is 0.130 e. The zero-order valence-corrected chi connectivity index (χ0v) is 12.8. The van der Waals surface area contributed by atoms with Gasteiger partial charge in [0.15, 0.2) is 0 Å². The van der Waals surface area contributed by atoms with Crippen molar-refractivity contribution in [3.63, 3.8) is 0 Å². The molecule has 1 aliphatic rings. The van der Waals surface area contributed by atoms with E-state index >= 15 is 0 Å². The fourth-order valence-corrected chi connectivity index (χ4v) is 2.56. The minimum atomic E-state index is 0.572. The van der Waals surface area contributed by atoms with Crippen molar-refractivity contribution in [1.82, 2.24) is 5.32 Å². The molecular formula is C19H21NO2. The van der Waals surface area contributed by atoms with E-state index in [1.807, 2.05) is 37.4 Å². The van der Waals surface area contributed by atoms with E-state index in [1.54, 1.807) is 0 Å². The molecule has 0 aromatic heterocycles. The molecule has 0 saturated heterocycles. The van der Waals surface area contributed by atoms with Crippen LogP contribution in [-0.2, 0) is 6.61 Å². The lowest BCUT2D eigenvalue weighted by Crippen LogP contribution is -2.11. The number of ether oxygens (including phenoxy) is 2. The van der Waals surface area contributed by atoms with Crippen molar-refractivity contribution in [2.24, 2.45) is 0 Å². The summed E-state index contributed by atoms with van der Waals surface area (Å²) in [7, 11) is 1.97. The zero-order valence-electron chi connectivity index (χ0n) is 12.8. The highest BCUT2D eigenvalue weighted by Crippen LogP contribution is 2.34. The Labute approximate surface area is 131 Å². The van der Waals surface area contributed by atoms with Crippen LogP contribution in [0.25, 0.3) is 5.57 Å². The zero-order chi connectivity index (χ0) is 15.2. The van der Waals surface area contributed by atoms with E-state index in [1.165, 1.54) is 11.1 Å². The molecule has 22 heavy (non-hydrogen) atoms. The monoisotopic (exact) mass is 295 g/mol. The van der Waals surface area contributed by atoms with Gasteiger partial charge in [-0.25, -0.2) is 0 Å². The summed E-state index contributed by atoms with van der Waals surface area (Å²) in [4.78, 5) is 0. The molecule has 0 spiro atoms. The third-order valence-corrected chi connectivity index (χ3v) is 3.76. The van der Waals surface area contributed by atoms with Crippen LogP contribution >= 0.6 is 0 Å². The molecule has 0 aliphatic carbocycles. The van der Waals surface area contributed by atoms with E-state index in [2.05, 4.69) is 29.6 Å². The molecular weight excluding hydrogens is 274 g/mol. The van der Waals surface area contributed by atoms with E-state index in [0.717, 1.165) is 30.0 Å². The van der Waals surface area contributed by atoms with Gasteiger partial charge in [-0.2, -0.15) is 0 Å². The maximum absolute atomic E-state index is 5.86. The Morgan fingerprint density at radius 3 is 2.82 bits per heavy atom. The van der Waals surface area contributed by atoms with E-state index in [-0.39, 0.29) is 0 Å². The van der Waals surface area contributed by atoms with Crippen molar-refractivity contribution in [3.8, 4) is 11.5 Å². The first-order chi connectivity index (χ1) is 10.9. The third-order valence-electron chi connectivity index (χ3n) is 3.76. The lowest BCUT2D eigenvalue weighted by Gasteiger charge is -2.19. The minimum absolute atomic E-state index is 0.572. The molecule has 1 N–H and O–H groups in total. The first-order valence-electron chi connectivity index (χ1n) is 7.64. The normalized spacial score (nSPS) is 13.0. The lowest BCUT2D eigenvalue weighted by atomic mass is 9.99. The van der Waals surface area contributed by atoms with Crippen molar-refractivity contribution < 1.29 is 9.47 Å². The van der Waals surface area contributed by atoms with E-state index < -0.39 is 0 Å². The van der Waals surface area contributed by atoms with E-state index in [0.29, 0.717) is 13.2 Å². The third kappa shape index (κ3) is 3.49. The van der Waals surface area contributed by atoms with Gasteiger partial charge in [0.25, 0.3) is 0 Å². The van der Waals surface area contributed by atoms with Gasteiger partial charge in [0, 0.05) is 11.6 Å². The molecule has 0 radical (unpaired) electrons. The Hall–Kier alpha value is -2.26. The second kappa shape index (κ2) is 7.14. The number of hydrogen-bond acceptors (Lipinski definition) is 3. The standard InChI is InChI=1S/C19H21NO2/c1-20-11-9-16-10-12-21-19-13-17(7-8-18(16)19)22-14-15-5-3-2-4-6-15/h2-8,10,13,20H,9,11-12,14H2,1H3. The van der Waals surface area contributed by atoms with Crippen molar-refractivity contribution in [3.05, 3.63) is 65.7 Å². The Morgan fingerprint density at radius 1 is 1.14 bits per heavy atom. The minimum Gasteiger partial charge on any atom is -0.489 e. The largest absolute Gasteiger partial charge is 0.489 e. The molecule has 0 fully saturated rings. The van der Waals surface area contributed by atoms with Crippen molar-refractivity contribution >= 4 is 5.57 Å². The maximum atomic E-state index is 5.86. The van der Waals surface area contributed by atoms with Gasteiger partial charge in [-0.1, -0.05) is 30.3 Å². The number of rotatable bonds is 6. The summed E-state index contributed by atoms with van der Waals surface area (Å²) in [5.74, 6) is 1.76. The van der Waals surface area contributed by atoms with Gasteiger partial charge in [-0.05, 0) is 49.4 Å². The fraction of sp³-hybridized carbons (Fsp3) is 0.263. The number of hydrogen-bond donors (Lipinski definition) is 1. The molecule has 1 aliphatic heterocycles. The molecule has 0 atom stereocenters. The molecule has 114 valence electrons. The second-order valence-electron chi connectivity index (χ2n) is 5.33. The van der Waals surface area contributed by atoms with Gasteiger partial charge in [-0.15, -0.1) is 0 Å². The Balaban J connectivity index is 1.70. The molecule has 3 rings (SSSR count). The number of nitrogens with one attached hydrogen (secondary N) is 1. The Morgan fingerprint density at radius 2 is 2.00 bits per heavy atom. The van der Waals surface area contributed by atoms with Crippen LogP contribution in [0.2, 0.25) is 0 Å². The highest BCUT2D eigenvalue weighted by molar-refractivity contribution is 5.73. The summed E-state index contributed by atoms with van der Waals surface area (Å²) >= 11 is 0. The predicted octanol–water partition coefficient (Wildman–Crippen LogP) is 3.65. The quantitative estimate of drug-likeness (QED) is 0.882. The van der Waals surface area contributed by atoms with Crippen LogP contribution in [0, 0.1) is 0 Å². The predicted molar refractivity (Wildman–Crippen MR) is 89.2 cm³/mol. The highest BCUT2D eigenvalue weighted by atomic mass is 16.5. The smallest absolute Gasteiger partial charge is 0.130 e. The molecule has 2 aromatic rings. The molecule has 1 heterocycles.